The minimum absolute atomic E-state index is 0.0276. The van der Waals surface area contributed by atoms with Crippen molar-refractivity contribution in [3.63, 3.8) is 0 Å². The third kappa shape index (κ3) is 6.39. The quantitative estimate of drug-likeness (QED) is 0.0495. The third-order valence-electron chi connectivity index (χ3n) is 36.1. The van der Waals surface area contributed by atoms with Gasteiger partial charge in [-0.15, -0.1) is 45.3 Å². The van der Waals surface area contributed by atoms with Crippen LogP contribution in [0, 0.1) is 11.8 Å². The fourth-order valence-corrected chi connectivity index (χ4v) is 37.1. The number of nitrogens with zero attached hydrogens (tertiary/aromatic N) is 2. The Balaban J connectivity index is 0.000000109. The largest absolute Gasteiger partial charge is 0.382 e. The Morgan fingerprint density at radius 3 is 1.27 bits per heavy atom. The standard InChI is InChI=1S/C57H37NO3S2.C56H35NO2S2/c1-2-59-9-10-61-12-11-60-8-7-58-22-31-30-20-28-18-25-16-26-15-23-14-24-17-27-19-29-21-57(31,56(58)34-6-5-33(63-34)32-4-3-13-62-32)55-41(29)46-40(27)45-36(24)35(23)43-39(26)44-37(25)38(28)47-42(30)54(55)53-51(46)49(45)48(43)50(44)52(47)53;1-58-10-11-59-9-8-57-21-31-30-19-27-17-24-15-25-14-22-13-23-16-26-18-28-20-56(31,34(57)7-5-29-4-6-33(61-29)32-3-2-12-60-32)55-41(28)46-40(26)45-36(23)35(22)43-39(25)44-37(24)38(27)47-42(30)54(55)53-51(46)49(45)48(43)50(44)52(47)53/h3-6,13-17,19,31,56H,2,7-12,18,20-22H2,1H3;2-4,6,12-16,18,31,34H,5,7-11,17,19-21H2,1H3. The van der Waals surface area contributed by atoms with Crippen molar-refractivity contribution in [2.45, 2.75) is 81.2 Å². The van der Waals surface area contributed by atoms with E-state index >= 15 is 0 Å². The zero-order chi connectivity index (χ0) is 78.8. The van der Waals surface area contributed by atoms with E-state index in [2.05, 4.69) is 141 Å². The van der Waals surface area contributed by atoms with E-state index in [0.717, 1.165) is 84.3 Å². The zero-order valence-corrected chi connectivity index (χ0v) is 71.5. The molecule has 24 aromatic carbocycles. The number of hydrogen-bond acceptors (Lipinski definition) is 11. The second kappa shape index (κ2) is 20.5. The molecule has 2 spiro atoms. The van der Waals surface area contributed by atoms with Crippen LogP contribution < -0.4 is 20.9 Å². The maximum Gasteiger partial charge on any atom is 0.0701 e. The minimum atomic E-state index is -0.0700. The molecule has 6 heterocycles. The van der Waals surface area contributed by atoms with Crippen molar-refractivity contribution in [2.75, 3.05) is 92.8 Å². The minimum Gasteiger partial charge on any atom is -0.382 e. The summed E-state index contributed by atoms with van der Waals surface area (Å²) in [5.74, 6) is 0.908. The predicted octanol–water partition coefficient (Wildman–Crippen LogP) is 23.7. The van der Waals surface area contributed by atoms with E-state index in [0.29, 0.717) is 64.1 Å². The van der Waals surface area contributed by atoms with Gasteiger partial charge in [0.05, 0.1) is 58.9 Å². The van der Waals surface area contributed by atoms with Gasteiger partial charge in [-0.25, -0.2) is 0 Å². The molecule has 38 rings (SSSR count). The highest BCUT2D eigenvalue weighted by molar-refractivity contribution is 7.22. The van der Waals surface area contributed by atoms with E-state index in [9.17, 15) is 0 Å². The van der Waals surface area contributed by atoms with Gasteiger partial charge in [0.25, 0.3) is 0 Å². The van der Waals surface area contributed by atoms with Crippen LogP contribution in [0.25, 0.3) is 279 Å². The summed E-state index contributed by atoms with van der Waals surface area (Å²) in [6.45, 7) is 12.1. The van der Waals surface area contributed by atoms with Gasteiger partial charge in [-0.1, -0.05) is 58.7 Å². The average Bonchev–Trinajstić information content (AvgIpc) is 1.44. The Kier molecular flexibility index (Phi) is 10.7. The summed E-state index contributed by atoms with van der Waals surface area (Å²) in [6, 6.07) is 45.7. The molecule has 0 amide bonds. The number of likely N-dealkylation sites (tertiary alicyclic amines) is 2. The number of fused-ring (bicyclic) bond motifs is 2. The van der Waals surface area contributed by atoms with Crippen LogP contribution in [0.15, 0.2) is 120 Å². The van der Waals surface area contributed by atoms with Gasteiger partial charge in [-0.05, 0) is 433 Å². The van der Waals surface area contributed by atoms with Crippen LogP contribution in [-0.4, -0.2) is 109 Å². The van der Waals surface area contributed by atoms with E-state index < -0.39 is 0 Å². The number of rotatable bonds is 22. The van der Waals surface area contributed by atoms with Gasteiger partial charge in [-0.3, -0.25) is 9.80 Å². The number of thiophene rings is 4. The van der Waals surface area contributed by atoms with Crippen LogP contribution >= 0.6 is 45.3 Å². The molecular weight excluding hydrogens is 1590 g/mol. The number of aryl methyl sites for hydroxylation is 1. The fraction of sp³-hybridized carbons (Fsp3) is 0.257. The topological polar surface area (TPSA) is 52.6 Å². The highest BCUT2D eigenvalue weighted by Gasteiger charge is 2.65. The number of benzene rings is 16. The summed E-state index contributed by atoms with van der Waals surface area (Å²) in [5.41, 5.74) is 16.8. The zero-order valence-electron chi connectivity index (χ0n) is 68.3. The molecule has 10 aliphatic rings. The molecule has 2 fully saturated rings. The predicted molar refractivity (Wildman–Crippen MR) is 520 cm³/mol. The number of hydrogen-bond donors (Lipinski definition) is 0. The van der Waals surface area contributed by atoms with Crippen molar-refractivity contribution in [1.29, 1.82) is 0 Å². The van der Waals surface area contributed by atoms with E-state index in [-0.39, 0.29) is 16.9 Å². The number of ether oxygens (including phenoxy) is 5. The molecular formula is C113H72N2O5S4. The summed E-state index contributed by atoms with van der Waals surface area (Å²) in [4.78, 5) is 14.5. The first-order valence-corrected chi connectivity index (χ1v) is 49.4. The molecule has 4 aromatic heterocycles. The Hall–Kier alpha value is -10.3. The van der Waals surface area contributed by atoms with E-state index in [1.165, 1.54) is 84.2 Å². The average molecular weight is 1670 g/mol. The summed E-state index contributed by atoms with van der Waals surface area (Å²) in [6.07, 6.45) is 8.97. The Morgan fingerprint density at radius 2 is 0.750 bits per heavy atom. The lowest BCUT2D eigenvalue weighted by atomic mass is 9.60. The molecule has 124 heavy (non-hydrogen) atoms. The fourth-order valence-electron chi connectivity index (χ4n) is 33.2. The lowest BCUT2D eigenvalue weighted by Gasteiger charge is -2.43. The summed E-state index contributed by atoms with van der Waals surface area (Å²) in [7, 11) is 1.78. The van der Waals surface area contributed by atoms with E-state index in [1.807, 2.05) is 40.9 Å². The first-order valence-electron chi connectivity index (χ1n) is 46.0. The molecule has 6 atom stereocenters. The molecule has 2 saturated heterocycles. The maximum atomic E-state index is 6.46. The van der Waals surface area contributed by atoms with Crippen molar-refractivity contribution in [2.24, 2.45) is 11.8 Å². The summed E-state index contributed by atoms with van der Waals surface area (Å²) in [5, 5.41) is 80.7. The molecule has 0 radical (unpaired) electrons. The summed E-state index contributed by atoms with van der Waals surface area (Å²) < 4.78 is 29.6. The first kappa shape index (κ1) is 64.4. The third-order valence-corrected chi connectivity index (χ3v) is 40.5. The van der Waals surface area contributed by atoms with Gasteiger partial charge in [0.1, 0.15) is 0 Å². The molecule has 6 unspecified atom stereocenters. The van der Waals surface area contributed by atoms with Crippen molar-refractivity contribution < 1.29 is 23.7 Å². The molecule has 28 aromatic rings. The van der Waals surface area contributed by atoms with Crippen LogP contribution in [-0.2, 0) is 66.6 Å². The van der Waals surface area contributed by atoms with Crippen LogP contribution in [0.1, 0.15) is 75.4 Å². The smallest absolute Gasteiger partial charge is 0.0701 e. The van der Waals surface area contributed by atoms with Crippen molar-refractivity contribution in [3.8, 4) is 19.5 Å². The molecule has 7 nitrogen and oxygen atoms in total. The van der Waals surface area contributed by atoms with Crippen LogP contribution in [0.5, 0.6) is 0 Å². The molecule has 588 valence electrons. The maximum absolute atomic E-state index is 6.46. The van der Waals surface area contributed by atoms with Crippen molar-refractivity contribution in [3.05, 3.63) is 184 Å². The second-order valence-electron chi connectivity index (χ2n) is 40.3. The van der Waals surface area contributed by atoms with Gasteiger partial charge in [0.15, 0.2) is 0 Å². The highest BCUT2D eigenvalue weighted by atomic mass is 32.1. The first-order chi connectivity index (χ1) is 61.4. The lowest BCUT2D eigenvalue weighted by molar-refractivity contribution is 0.0113. The van der Waals surface area contributed by atoms with Gasteiger partial charge >= 0.3 is 0 Å². The summed E-state index contributed by atoms with van der Waals surface area (Å²) >= 11 is 7.81. The monoisotopic (exact) mass is 1660 g/mol. The van der Waals surface area contributed by atoms with Crippen molar-refractivity contribution in [1.82, 2.24) is 9.80 Å². The number of methoxy groups -OCH3 is 1. The Morgan fingerprint density at radius 1 is 0.347 bits per heavy atom. The molecule has 8 aliphatic carbocycles. The molecule has 0 saturated carbocycles. The molecule has 0 N–H and O–H groups in total. The normalized spacial score (nSPS) is 22.2. The highest BCUT2D eigenvalue weighted by Crippen LogP contribution is 2.74. The van der Waals surface area contributed by atoms with Crippen LogP contribution in [0.3, 0.4) is 0 Å². The van der Waals surface area contributed by atoms with Gasteiger partial charge in [0, 0.05) is 97.9 Å². The van der Waals surface area contributed by atoms with Crippen LogP contribution in [0.2, 0.25) is 0 Å². The lowest BCUT2D eigenvalue weighted by Crippen LogP contribution is -2.48. The SMILES string of the molecule is CCOCCOCCOCCN1CC2C3=c4c5c6c7c(cc8cc9cc%10cc%11cc%12c%13c(c4c4c5c5c7c8c7c9c%10c8c%11c%13c4c8c75)=C(C3)C%12)CC62C1c1ccc(-c2cccs2)s1.COCCOCCN1CC2C3=c4c5c6c7c(cc8cc9cc%10cc%11cc%12c%13c(c4c4c5c5c7c8c7c9c%10c8c%11c%13c4c8c75)=C(C3)C%12)CC62C1CCc1ccc(-c2cccs2)s1. The molecule has 2 aliphatic heterocycles. The molecule has 0 bridgehead atoms. The second-order valence-corrected chi connectivity index (χ2v) is 44.5. The van der Waals surface area contributed by atoms with Crippen LogP contribution in [0.4, 0.5) is 0 Å². The van der Waals surface area contributed by atoms with Gasteiger partial charge in [0.2, 0.25) is 0 Å². The van der Waals surface area contributed by atoms with E-state index in [1.54, 1.807) is 272 Å². The van der Waals surface area contributed by atoms with Crippen molar-refractivity contribution >= 4 is 305 Å². The van der Waals surface area contributed by atoms with Gasteiger partial charge in [-0.2, -0.15) is 0 Å². The van der Waals surface area contributed by atoms with E-state index in [4.69, 9.17) is 23.7 Å². The Bertz CT molecular complexity index is 9940. The van der Waals surface area contributed by atoms with Gasteiger partial charge < -0.3 is 23.7 Å². The molecule has 11 heteroatoms. The Labute approximate surface area is 721 Å².